The van der Waals surface area contributed by atoms with Crippen molar-refractivity contribution in [1.82, 2.24) is 0 Å². The average Bonchev–Trinajstić information content (AvgIpc) is 2.80. The fourth-order valence-electron chi connectivity index (χ4n) is 3.21. The number of hydrogen-bond acceptors (Lipinski definition) is 7. The Kier molecular flexibility index (Phi) is 7.96. The van der Waals surface area contributed by atoms with E-state index in [1.807, 2.05) is 26.0 Å². The van der Waals surface area contributed by atoms with Crippen LogP contribution in [0.5, 0.6) is 17.2 Å². The van der Waals surface area contributed by atoms with Gasteiger partial charge in [0.15, 0.2) is 6.61 Å². The van der Waals surface area contributed by atoms with E-state index in [-0.39, 0.29) is 12.5 Å². The van der Waals surface area contributed by atoms with Crippen LogP contribution >= 0.6 is 0 Å². The van der Waals surface area contributed by atoms with Crippen molar-refractivity contribution in [2.75, 3.05) is 56.3 Å². The predicted octanol–water partition coefficient (Wildman–Crippen LogP) is 3.21. The van der Waals surface area contributed by atoms with Gasteiger partial charge in [0, 0.05) is 25.2 Å². The smallest absolute Gasteiger partial charge is 0.262 e. The largest absolute Gasteiger partial charge is 0.492 e. The molecule has 0 bridgehead atoms. The maximum Gasteiger partial charge on any atom is 0.262 e. The van der Waals surface area contributed by atoms with Gasteiger partial charge in [0.2, 0.25) is 0 Å². The average molecular weight is 425 g/mol. The number of nitriles is 1. The zero-order valence-corrected chi connectivity index (χ0v) is 17.8. The second-order valence-corrected chi connectivity index (χ2v) is 6.75. The molecule has 164 valence electrons. The van der Waals surface area contributed by atoms with Crippen LogP contribution < -0.4 is 24.4 Å². The molecular formula is C23H27N3O5. The lowest BCUT2D eigenvalue weighted by atomic mass is 10.2. The van der Waals surface area contributed by atoms with E-state index in [2.05, 4.69) is 10.2 Å². The molecule has 3 rings (SSSR count). The molecule has 31 heavy (non-hydrogen) atoms. The number of ether oxygens (including phenoxy) is 4. The highest BCUT2D eigenvalue weighted by Gasteiger charge is 2.20. The molecule has 0 spiro atoms. The van der Waals surface area contributed by atoms with Crippen LogP contribution in [0.15, 0.2) is 36.4 Å². The first kappa shape index (κ1) is 22.2. The Balaban J connectivity index is 1.75. The topological polar surface area (TPSA) is 93.1 Å². The zero-order valence-electron chi connectivity index (χ0n) is 17.8. The second-order valence-electron chi connectivity index (χ2n) is 6.75. The lowest BCUT2D eigenvalue weighted by molar-refractivity contribution is -0.118. The summed E-state index contributed by atoms with van der Waals surface area (Å²) in [5.41, 5.74) is 1.97. The van der Waals surface area contributed by atoms with Crippen LogP contribution in [0.3, 0.4) is 0 Å². The SMILES string of the molecule is CCOc1cc(N2CCOCC2)c(OCC)cc1NC(=O)COc1ccc(C#N)cc1. The number of morpholine rings is 1. The first-order valence-electron chi connectivity index (χ1n) is 10.3. The number of amides is 1. The molecule has 1 amide bonds. The zero-order chi connectivity index (χ0) is 22.1. The number of benzene rings is 2. The molecule has 1 aliphatic heterocycles. The van der Waals surface area contributed by atoms with Crippen LogP contribution in [0.2, 0.25) is 0 Å². The number of nitrogens with zero attached hydrogens (tertiary/aromatic N) is 2. The third-order valence-corrected chi connectivity index (χ3v) is 4.64. The van der Waals surface area contributed by atoms with Gasteiger partial charge < -0.3 is 29.2 Å². The van der Waals surface area contributed by atoms with Crippen LogP contribution in [0, 0.1) is 11.3 Å². The van der Waals surface area contributed by atoms with E-state index in [9.17, 15) is 4.79 Å². The van der Waals surface area contributed by atoms with Crippen LogP contribution in [-0.4, -0.2) is 52.0 Å². The monoisotopic (exact) mass is 425 g/mol. The highest BCUT2D eigenvalue weighted by atomic mass is 16.5. The molecule has 1 N–H and O–H groups in total. The quantitative estimate of drug-likeness (QED) is 0.659. The number of carbonyl (C=O) groups excluding carboxylic acids is 1. The summed E-state index contributed by atoms with van der Waals surface area (Å²) in [6, 6.07) is 12.3. The van der Waals surface area contributed by atoms with E-state index >= 15 is 0 Å². The normalized spacial score (nSPS) is 13.3. The van der Waals surface area contributed by atoms with Gasteiger partial charge in [-0.3, -0.25) is 4.79 Å². The van der Waals surface area contributed by atoms with Gasteiger partial charge in [-0.05, 0) is 38.1 Å². The van der Waals surface area contributed by atoms with Gasteiger partial charge in [-0.25, -0.2) is 0 Å². The minimum atomic E-state index is -0.327. The summed E-state index contributed by atoms with van der Waals surface area (Å²) < 4.78 is 22.6. The highest BCUT2D eigenvalue weighted by molar-refractivity contribution is 5.94. The van der Waals surface area contributed by atoms with Gasteiger partial charge in [0.1, 0.15) is 17.2 Å². The Morgan fingerprint density at radius 1 is 1.06 bits per heavy atom. The predicted molar refractivity (Wildman–Crippen MR) is 117 cm³/mol. The van der Waals surface area contributed by atoms with E-state index in [1.54, 1.807) is 30.3 Å². The molecule has 2 aromatic carbocycles. The lowest BCUT2D eigenvalue weighted by Crippen LogP contribution is -2.36. The van der Waals surface area contributed by atoms with E-state index in [0.29, 0.717) is 54.9 Å². The summed E-state index contributed by atoms with van der Waals surface area (Å²) >= 11 is 0. The lowest BCUT2D eigenvalue weighted by Gasteiger charge is -2.31. The second kappa shape index (κ2) is 11.1. The van der Waals surface area contributed by atoms with Crippen molar-refractivity contribution in [1.29, 1.82) is 5.26 Å². The molecule has 0 aliphatic carbocycles. The molecule has 0 unspecified atom stereocenters. The number of nitrogens with one attached hydrogen (secondary N) is 1. The molecule has 1 fully saturated rings. The van der Waals surface area contributed by atoms with Crippen molar-refractivity contribution in [2.24, 2.45) is 0 Å². The van der Waals surface area contributed by atoms with E-state index < -0.39 is 0 Å². The summed E-state index contributed by atoms with van der Waals surface area (Å²) in [6.07, 6.45) is 0. The summed E-state index contributed by atoms with van der Waals surface area (Å²) in [4.78, 5) is 14.7. The van der Waals surface area contributed by atoms with Crippen LogP contribution in [0.25, 0.3) is 0 Å². The summed E-state index contributed by atoms with van der Waals surface area (Å²) in [7, 11) is 0. The van der Waals surface area contributed by atoms with Crippen molar-refractivity contribution >= 4 is 17.3 Å². The van der Waals surface area contributed by atoms with Crippen LogP contribution in [0.1, 0.15) is 19.4 Å². The highest BCUT2D eigenvalue weighted by Crippen LogP contribution is 2.39. The van der Waals surface area contributed by atoms with Gasteiger partial charge in [-0.15, -0.1) is 0 Å². The molecule has 8 nitrogen and oxygen atoms in total. The third-order valence-electron chi connectivity index (χ3n) is 4.64. The van der Waals surface area contributed by atoms with Gasteiger partial charge in [0.25, 0.3) is 5.91 Å². The fraction of sp³-hybridized carbons (Fsp3) is 0.391. The van der Waals surface area contributed by atoms with E-state index in [0.717, 1.165) is 18.8 Å². The van der Waals surface area contributed by atoms with Crippen molar-refractivity contribution in [3.8, 4) is 23.3 Å². The van der Waals surface area contributed by atoms with Gasteiger partial charge >= 0.3 is 0 Å². The number of rotatable bonds is 9. The molecule has 0 aromatic heterocycles. The molecule has 2 aromatic rings. The maximum atomic E-state index is 12.5. The Bertz CT molecular complexity index is 918. The molecule has 1 heterocycles. The molecule has 1 aliphatic rings. The molecule has 0 saturated carbocycles. The Labute approximate surface area is 182 Å². The van der Waals surface area contributed by atoms with E-state index in [4.69, 9.17) is 24.2 Å². The Morgan fingerprint density at radius 3 is 2.39 bits per heavy atom. The van der Waals surface area contributed by atoms with Crippen LogP contribution in [-0.2, 0) is 9.53 Å². The van der Waals surface area contributed by atoms with Crippen molar-refractivity contribution in [3.63, 3.8) is 0 Å². The Hall–Kier alpha value is -3.44. The number of hydrogen-bond donors (Lipinski definition) is 1. The summed E-state index contributed by atoms with van der Waals surface area (Å²) in [5, 5.41) is 11.7. The molecular weight excluding hydrogens is 398 g/mol. The van der Waals surface area contributed by atoms with Crippen molar-refractivity contribution < 1.29 is 23.7 Å². The standard InChI is InChI=1S/C23H27N3O5/c1-3-29-21-14-20(26-9-11-28-12-10-26)22(30-4-2)13-19(21)25-23(27)16-31-18-7-5-17(15-24)6-8-18/h5-8,13-14H,3-4,9-12,16H2,1-2H3,(H,25,27). The molecule has 0 radical (unpaired) electrons. The molecule has 1 saturated heterocycles. The number of anilines is 2. The minimum absolute atomic E-state index is 0.174. The first-order chi connectivity index (χ1) is 15.1. The number of carbonyl (C=O) groups is 1. The molecule has 8 heteroatoms. The van der Waals surface area contributed by atoms with Crippen LogP contribution in [0.4, 0.5) is 11.4 Å². The molecule has 0 atom stereocenters. The summed E-state index contributed by atoms with van der Waals surface area (Å²) in [5.74, 6) is 1.43. The third kappa shape index (κ3) is 6.03. The maximum absolute atomic E-state index is 12.5. The van der Waals surface area contributed by atoms with Crippen molar-refractivity contribution in [3.05, 3.63) is 42.0 Å². The van der Waals surface area contributed by atoms with Gasteiger partial charge in [0.05, 0.1) is 49.4 Å². The van der Waals surface area contributed by atoms with Gasteiger partial charge in [-0.2, -0.15) is 5.26 Å². The fourth-order valence-corrected chi connectivity index (χ4v) is 3.21. The van der Waals surface area contributed by atoms with Crippen molar-refractivity contribution in [2.45, 2.75) is 13.8 Å². The minimum Gasteiger partial charge on any atom is -0.492 e. The first-order valence-corrected chi connectivity index (χ1v) is 10.3. The van der Waals surface area contributed by atoms with Gasteiger partial charge in [-0.1, -0.05) is 0 Å². The Morgan fingerprint density at radius 2 is 1.74 bits per heavy atom. The summed E-state index contributed by atoms with van der Waals surface area (Å²) in [6.45, 7) is 7.43. The van der Waals surface area contributed by atoms with E-state index in [1.165, 1.54) is 0 Å².